The first-order valence-electron chi connectivity index (χ1n) is 9.58. The lowest BCUT2D eigenvalue weighted by Crippen LogP contribution is -2.35. The number of nitrogens with one attached hydrogen (secondary N) is 1. The van der Waals surface area contributed by atoms with Gasteiger partial charge < -0.3 is 9.88 Å². The van der Waals surface area contributed by atoms with Gasteiger partial charge in [0.1, 0.15) is 0 Å². The van der Waals surface area contributed by atoms with Crippen LogP contribution in [0.1, 0.15) is 47.9 Å². The zero-order chi connectivity index (χ0) is 21.2. The van der Waals surface area contributed by atoms with E-state index in [4.69, 9.17) is 0 Å². The van der Waals surface area contributed by atoms with E-state index >= 15 is 0 Å². The number of carbonyl (C=O) groups is 1. The summed E-state index contributed by atoms with van der Waals surface area (Å²) in [4.78, 5) is 26.0. The first-order chi connectivity index (χ1) is 13.7. The quantitative estimate of drug-likeness (QED) is 0.646. The van der Waals surface area contributed by atoms with Crippen molar-refractivity contribution in [2.45, 2.75) is 45.7 Å². The minimum absolute atomic E-state index is 0.227. The molecule has 2 aromatic carbocycles. The number of amides is 1. The minimum atomic E-state index is -3.08. The normalized spacial score (nSPS) is 12.7. The molecule has 0 fully saturated rings. The van der Waals surface area contributed by atoms with Crippen molar-refractivity contribution in [2.24, 2.45) is 0 Å². The molecule has 0 radical (unpaired) electrons. The summed E-state index contributed by atoms with van der Waals surface area (Å²) in [6.07, 6.45) is 0.666. The Morgan fingerprint density at radius 1 is 1.07 bits per heavy atom. The van der Waals surface area contributed by atoms with Gasteiger partial charge in [0.25, 0.3) is 17.4 Å². The standard InChI is InChI=1S/C23H24F2N2O2/c1-4-19(16-10-6-5-7-11-16)26-21(28)20-15(2)27(14-23(3,24)25)22(29)18-13-9-8-12-17(18)20/h5-13,19H,4,14H2,1-3H3,(H,26,28). The molecule has 0 aliphatic rings. The van der Waals surface area contributed by atoms with Gasteiger partial charge in [0.05, 0.1) is 18.2 Å². The van der Waals surface area contributed by atoms with Gasteiger partial charge in [-0.2, -0.15) is 0 Å². The minimum Gasteiger partial charge on any atom is -0.345 e. The van der Waals surface area contributed by atoms with Crippen LogP contribution in [0.2, 0.25) is 0 Å². The summed E-state index contributed by atoms with van der Waals surface area (Å²) in [5.74, 6) is -3.47. The number of aromatic nitrogens is 1. The number of benzene rings is 2. The van der Waals surface area contributed by atoms with E-state index in [0.29, 0.717) is 11.8 Å². The molecular formula is C23H24F2N2O2. The smallest absolute Gasteiger partial charge is 0.263 e. The second-order valence-corrected chi connectivity index (χ2v) is 7.31. The van der Waals surface area contributed by atoms with Crippen molar-refractivity contribution in [3.05, 3.63) is 81.8 Å². The zero-order valence-corrected chi connectivity index (χ0v) is 16.7. The molecule has 0 saturated heterocycles. The van der Waals surface area contributed by atoms with E-state index in [9.17, 15) is 18.4 Å². The van der Waals surface area contributed by atoms with E-state index < -0.39 is 18.0 Å². The van der Waals surface area contributed by atoms with E-state index in [1.165, 1.54) is 6.92 Å². The third-order valence-electron chi connectivity index (χ3n) is 5.02. The Bertz CT molecular complexity index is 1090. The molecule has 152 valence electrons. The summed E-state index contributed by atoms with van der Waals surface area (Å²) in [5.41, 5.74) is 0.916. The van der Waals surface area contributed by atoms with Gasteiger partial charge in [-0.15, -0.1) is 0 Å². The summed E-state index contributed by atoms with van der Waals surface area (Å²) < 4.78 is 28.5. The number of fused-ring (bicyclic) bond motifs is 1. The van der Waals surface area contributed by atoms with Crippen LogP contribution in [0.3, 0.4) is 0 Å². The molecule has 29 heavy (non-hydrogen) atoms. The topological polar surface area (TPSA) is 51.1 Å². The van der Waals surface area contributed by atoms with Crippen LogP contribution in [0.5, 0.6) is 0 Å². The van der Waals surface area contributed by atoms with Crippen molar-refractivity contribution >= 4 is 16.7 Å². The molecule has 0 aliphatic carbocycles. The molecule has 0 aliphatic heterocycles. The highest BCUT2D eigenvalue weighted by atomic mass is 19.3. The average Bonchev–Trinajstić information content (AvgIpc) is 2.69. The molecule has 0 saturated carbocycles. The van der Waals surface area contributed by atoms with Crippen LogP contribution in [-0.4, -0.2) is 16.4 Å². The molecule has 1 atom stereocenters. The predicted molar refractivity (Wildman–Crippen MR) is 111 cm³/mol. The average molecular weight is 398 g/mol. The maximum Gasteiger partial charge on any atom is 0.263 e. The lowest BCUT2D eigenvalue weighted by atomic mass is 10.0. The lowest BCUT2D eigenvalue weighted by Gasteiger charge is -2.22. The number of pyridine rings is 1. The third-order valence-corrected chi connectivity index (χ3v) is 5.02. The van der Waals surface area contributed by atoms with Crippen molar-refractivity contribution in [1.29, 1.82) is 0 Å². The molecule has 1 amide bonds. The highest BCUT2D eigenvalue weighted by Crippen LogP contribution is 2.24. The van der Waals surface area contributed by atoms with E-state index in [-0.39, 0.29) is 28.6 Å². The fourth-order valence-electron chi connectivity index (χ4n) is 3.61. The zero-order valence-electron chi connectivity index (χ0n) is 16.7. The molecule has 3 aromatic rings. The first kappa shape index (κ1) is 20.7. The Labute approximate surface area is 168 Å². The van der Waals surface area contributed by atoms with Gasteiger partial charge in [-0.05, 0) is 25.0 Å². The Balaban J connectivity index is 2.12. The maximum absolute atomic E-state index is 13.7. The lowest BCUT2D eigenvalue weighted by molar-refractivity contribution is 0.00246. The fraction of sp³-hybridized carbons (Fsp3) is 0.304. The van der Waals surface area contributed by atoms with Crippen LogP contribution >= 0.6 is 0 Å². The van der Waals surface area contributed by atoms with Crippen molar-refractivity contribution in [3.8, 4) is 0 Å². The Morgan fingerprint density at radius 3 is 2.24 bits per heavy atom. The van der Waals surface area contributed by atoms with Gasteiger partial charge in [0.15, 0.2) is 0 Å². The van der Waals surface area contributed by atoms with Crippen LogP contribution in [0, 0.1) is 6.92 Å². The summed E-state index contributed by atoms with van der Waals surface area (Å²) in [7, 11) is 0. The molecule has 3 rings (SSSR count). The van der Waals surface area contributed by atoms with Gasteiger partial charge >= 0.3 is 0 Å². The number of rotatable bonds is 6. The number of hydrogen-bond donors (Lipinski definition) is 1. The van der Waals surface area contributed by atoms with Crippen LogP contribution in [0.15, 0.2) is 59.4 Å². The van der Waals surface area contributed by atoms with Crippen molar-refractivity contribution < 1.29 is 13.6 Å². The molecule has 0 spiro atoms. The molecule has 1 unspecified atom stereocenters. The monoisotopic (exact) mass is 398 g/mol. The molecular weight excluding hydrogens is 374 g/mol. The summed E-state index contributed by atoms with van der Waals surface area (Å²) in [6.45, 7) is 3.48. The second kappa shape index (κ2) is 8.15. The highest BCUT2D eigenvalue weighted by molar-refractivity contribution is 6.07. The largest absolute Gasteiger partial charge is 0.345 e. The van der Waals surface area contributed by atoms with Crippen LogP contribution < -0.4 is 10.9 Å². The van der Waals surface area contributed by atoms with Crippen LogP contribution in [0.25, 0.3) is 10.8 Å². The fourth-order valence-corrected chi connectivity index (χ4v) is 3.61. The highest BCUT2D eigenvalue weighted by Gasteiger charge is 2.27. The predicted octanol–water partition coefficient (Wildman–Crippen LogP) is 4.85. The third kappa shape index (κ3) is 4.36. The first-order valence-corrected chi connectivity index (χ1v) is 9.58. The number of halogens is 2. The summed E-state index contributed by atoms with van der Waals surface area (Å²) in [6, 6.07) is 16.0. The van der Waals surface area contributed by atoms with Gasteiger partial charge in [0, 0.05) is 23.4 Å². The van der Waals surface area contributed by atoms with E-state index in [1.807, 2.05) is 37.3 Å². The van der Waals surface area contributed by atoms with Gasteiger partial charge in [-0.3, -0.25) is 9.59 Å². The summed E-state index contributed by atoms with van der Waals surface area (Å²) in [5, 5.41) is 3.71. The Hall–Kier alpha value is -3.02. The summed E-state index contributed by atoms with van der Waals surface area (Å²) >= 11 is 0. The SMILES string of the molecule is CCC(NC(=O)c1c(C)n(CC(C)(F)F)c(=O)c2ccccc12)c1ccccc1. The van der Waals surface area contributed by atoms with E-state index in [0.717, 1.165) is 17.1 Å². The molecule has 1 N–H and O–H groups in total. The molecule has 0 bridgehead atoms. The molecule has 1 aromatic heterocycles. The van der Waals surface area contributed by atoms with Crippen molar-refractivity contribution in [3.63, 3.8) is 0 Å². The van der Waals surface area contributed by atoms with Crippen LogP contribution in [-0.2, 0) is 6.54 Å². The van der Waals surface area contributed by atoms with Crippen LogP contribution in [0.4, 0.5) is 8.78 Å². The number of carbonyl (C=O) groups excluding carboxylic acids is 1. The number of nitrogens with zero attached hydrogens (tertiary/aromatic N) is 1. The van der Waals surface area contributed by atoms with Gasteiger partial charge in [-0.1, -0.05) is 55.5 Å². The molecule has 6 heteroatoms. The van der Waals surface area contributed by atoms with Crippen molar-refractivity contribution in [2.75, 3.05) is 0 Å². The van der Waals surface area contributed by atoms with E-state index in [1.54, 1.807) is 24.3 Å². The number of hydrogen-bond acceptors (Lipinski definition) is 2. The van der Waals surface area contributed by atoms with Gasteiger partial charge in [-0.25, -0.2) is 8.78 Å². The molecule has 1 heterocycles. The maximum atomic E-state index is 13.7. The van der Waals surface area contributed by atoms with E-state index in [2.05, 4.69) is 5.32 Å². The number of alkyl halides is 2. The van der Waals surface area contributed by atoms with Gasteiger partial charge in [0.2, 0.25) is 0 Å². The van der Waals surface area contributed by atoms with Crippen molar-refractivity contribution in [1.82, 2.24) is 9.88 Å². The molecule has 4 nitrogen and oxygen atoms in total. The Kier molecular flexibility index (Phi) is 5.82. The Morgan fingerprint density at radius 2 is 1.66 bits per heavy atom. The second-order valence-electron chi connectivity index (χ2n) is 7.31.